The number of likely N-dealkylation sites (tertiary alicyclic amines) is 1. The predicted octanol–water partition coefficient (Wildman–Crippen LogP) is 4.10. The zero-order valence-corrected chi connectivity index (χ0v) is 18.3. The van der Waals surface area contributed by atoms with Crippen molar-refractivity contribution < 1.29 is 4.74 Å². The molecule has 7 heteroatoms. The van der Waals surface area contributed by atoms with Crippen LogP contribution in [0.5, 0.6) is 6.01 Å². The van der Waals surface area contributed by atoms with Crippen LogP contribution in [0.25, 0.3) is 11.0 Å². The highest BCUT2D eigenvalue weighted by Crippen LogP contribution is 2.26. The molecule has 2 N–H and O–H groups in total. The SMILES string of the molecule is CCCC(C)Oc1nc(N)c2cc(C#N)n(Cc3cccc(CN4CCCC4)c3)c2n1. The van der Waals surface area contributed by atoms with Crippen LogP contribution >= 0.6 is 0 Å². The van der Waals surface area contributed by atoms with E-state index in [0.29, 0.717) is 29.1 Å². The molecule has 1 aromatic carbocycles. The average Bonchev–Trinajstić information content (AvgIpc) is 3.37. The van der Waals surface area contributed by atoms with Gasteiger partial charge in [-0.1, -0.05) is 37.6 Å². The Kier molecular flexibility index (Phi) is 6.38. The first-order valence-electron chi connectivity index (χ1n) is 11.1. The summed E-state index contributed by atoms with van der Waals surface area (Å²) in [4.78, 5) is 11.4. The number of nitrogens with two attached hydrogens (primary N) is 1. The lowest BCUT2D eigenvalue weighted by atomic mass is 10.1. The summed E-state index contributed by atoms with van der Waals surface area (Å²) in [6, 6.07) is 12.9. The monoisotopic (exact) mass is 418 g/mol. The lowest BCUT2D eigenvalue weighted by Gasteiger charge is -2.16. The van der Waals surface area contributed by atoms with Crippen molar-refractivity contribution in [2.45, 2.75) is 58.7 Å². The molecular weight excluding hydrogens is 388 g/mol. The number of ether oxygens (including phenoxy) is 1. The van der Waals surface area contributed by atoms with Gasteiger partial charge >= 0.3 is 6.01 Å². The summed E-state index contributed by atoms with van der Waals surface area (Å²) in [5.74, 6) is 0.335. The van der Waals surface area contributed by atoms with Gasteiger partial charge in [0.15, 0.2) is 5.65 Å². The van der Waals surface area contributed by atoms with Crippen LogP contribution in [0, 0.1) is 11.3 Å². The van der Waals surface area contributed by atoms with E-state index in [1.807, 2.05) is 11.5 Å². The Labute approximate surface area is 183 Å². The summed E-state index contributed by atoms with van der Waals surface area (Å²) in [5.41, 5.74) is 9.76. The molecule has 0 radical (unpaired) electrons. The lowest BCUT2D eigenvalue weighted by molar-refractivity contribution is 0.193. The van der Waals surface area contributed by atoms with Gasteiger partial charge in [0, 0.05) is 6.54 Å². The molecular formula is C24H30N6O. The van der Waals surface area contributed by atoms with E-state index in [2.05, 4.69) is 52.1 Å². The van der Waals surface area contributed by atoms with Crippen LogP contribution < -0.4 is 10.5 Å². The van der Waals surface area contributed by atoms with Crippen molar-refractivity contribution in [1.29, 1.82) is 5.26 Å². The number of rotatable bonds is 8. The molecule has 1 fully saturated rings. The number of nitriles is 1. The molecule has 1 unspecified atom stereocenters. The lowest BCUT2D eigenvalue weighted by Crippen LogP contribution is -2.18. The highest BCUT2D eigenvalue weighted by Gasteiger charge is 2.17. The molecule has 7 nitrogen and oxygen atoms in total. The average molecular weight is 419 g/mol. The minimum atomic E-state index is 0.00275. The maximum Gasteiger partial charge on any atom is 0.320 e. The van der Waals surface area contributed by atoms with E-state index >= 15 is 0 Å². The van der Waals surface area contributed by atoms with Crippen LogP contribution in [-0.2, 0) is 13.1 Å². The quantitative estimate of drug-likeness (QED) is 0.592. The number of nitrogen functional groups attached to an aromatic ring is 1. The fraction of sp³-hybridized carbons (Fsp3) is 0.458. The topological polar surface area (TPSA) is 93.0 Å². The van der Waals surface area contributed by atoms with E-state index in [-0.39, 0.29) is 12.1 Å². The van der Waals surface area contributed by atoms with Gasteiger partial charge in [-0.15, -0.1) is 0 Å². The molecule has 3 aromatic rings. The van der Waals surface area contributed by atoms with Gasteiger partial charge in [0.2, 0.25) is 0 Å². The molecule has 3 heterocycles. The van der Waals surface area contributed by atoms with Gasteiger partial charge in [0.05, 0.1) is 18.0 Å². The molecule has 0 bridgehead atoms. The van der Waals surface area contributed by atoms with E-state index in [4.69, 9.17) is 10.5 Å². The van der Waals surface area contributed by atoms with Gasteiger partial charge in [-0.2, -0.15) is 15.2 Å². The highest BCUT2D eigenvalue weighted by molar-refractivity contribution is 5.88. The van der Waals surface area contributed by atoms with E-state index in [1.165, 1.54) is 31.5 Å². The Morgan fingerprint density at radius 1 is 1.16 bits per heavy atom. The van der Waals surface area contributed by atoms with Crippen LogP contribution in [0.2, 0.25) is 0 Å². The van der Waals surface area contributed by atoms with Crippen LogP contribution in [-0.4, -0.2) is 38.6 Å². The molecule has 0 saturated carbocycles. The summed E-state index contributed by atoms with van der Waals surface area (Å²) >= 11 is 0. The minimum Gasteiger partial charge on any atom is -0.460 e. The molecule has 4 rings (SSSR count). The zero-order valence-electron chi connectivity index (χ0n) is 18.3. The van der Waals surface area contributed by atoms with Crippen molar-refractivity contribution in [3.63, 3.8) is 0 Å². The molecule has 1 aliphatic rings. The van der Waals surface area contributed by atoms with Crippen molar-refractivity contribution in [1.82, 2.24) is 19.4 Å². The van der Waals surface area contributed by atoms with Crippen LogP contribution in [0.1, 0.15) is 56.4 Å². The standard InChI is InChI=1S/C24H30N6O/c1-3-7-17(2)31-24-27-22(26)21-13-20(14-25)30(23(21)28-24)16-19-9-6-8-18(12-19)15-29-10-4-5-11-29/h6,8-9,12-13,17H,3-5,7,10-11,15-16H2,1-2H3,(H2,26,27,28). The van der Waals surface area contributed by atoms with Crippen molar-refractivity contribution in [3.8, 4) is 12.1 Å². The first-order chi connectivity index (χ1) is 15.1. The maximum absolute atomic E-state index is 9.72. The molecule has 1 aliphatic heterocycles. The predicted molar refractivity (Wildman–Crippen MR) is 122 cm³/mol. The Morgan fingerprint density at radius 2 is 1.90 bits per heavy atom. The van der Waals surface area contributed by atoms with Gasteiger partial charge in [-0.3, -0.25) is 4.90 Å². The molecule has 0 amide bonds. The Bertz CT molecular complexity index is 1090. The van der Waals surface area contributed by atoms with Gasteiger partial charge in [-0.05, 0) is 56.5 Å². The first-order valence-corrected chi connectivity index (χ1v) is 11.1. The fourth-order valence-electron chi connectivity index (χ4n) is 4.29. The van der Waals surface area contributed by atoms with Crippen LogP contribution in [0.15, 0.2) is 30.3 Å². The second-order valence-electron chi connectivity index (χ2n) is 8.38. The Morgan fingerprint density at radius 3 is 2.61 bits per heavy atom. The largest absolute Gasteiger partial charge is 0.460 e. The van der Waals surface area contributed by atoms with Crippen LogP contribution in [0.3, 0.4) is 0 Å². The van der Waals surface area contributed by atoms with E-state index < -0.39 is 0 Å². The molecule has 31 heavy (non-hydrogen) atoms. The number of anilines is 1. The minimum absolute atomic E-state index is 0.00275. The van der Waals surface area contributed by atoms with Crippen LogP contribution in [0.4, 0.5) is 5.82 Å². The first kappa shape index (κ1) is 21.1. The molecule has 1 saturated heterocycles. The molecule has 2 aromatic heterocycles. The van der Waals surface area contributed by atoms with Crippen molar-refractivity contribution in [2.75, 3.05) is 18.8 Å². The third-order valence-corrected chi connectivity index (χ3v) is 5.82. The number of hydrogen-bond donors (Lipinski definition) is 1. The molecule has 0 aliphatic carbocycles. The smallest absolute Gasteiger partial charge is 0.320 e. The van der Waals surface area contributed by atoms with Crippen molar-refractivity contribution in [2.24, 2.45) is 0 Å². The van der Waals surface area contributed by atoms with Gasteiger partial charge in [0.25, 0.3) is 0 Å². The van der Waals surface area contributed by atoms with Gasteiger partial charge in [-0.25, -0.2) is 0 Å². The number of fused-ring (bicyclic) bond motifs is 1. The Balaban J connectivity index is 1.64. The summed E-state index contributed by atoms with van der Waals surface area (Å²) in [7, 11) is 0. The highest BCUT2D eigenvalue weighted by atomic mass is 16.5. The number of hydrogen-bond acceptors (Lipinski definition) is 6. The molecule has 162 valence electrons. The number of nitrogens with zero attached hydrogens (tertiary/aromatic N) is 5. The second kappa shape index (κ2) is 9.36. The van der Waals surface area contributed by atoms with Crippen molar-refractivity contribution >= 4 is 16.9 Å². The molecule has 0 spiro atoms. The summed E-state index contributed by atoms with van der Waals surface area (Å²) in [6.07, 6.45) is 4.49. The number of aromatic nitrogens is 3. The van der Waals surface area contributed by atoms with E-state index in [9.17, 15) is 5.26 Å². The van der Waals surface area contributed by atoms with E-state index in [0.717, 1.165) is 24.9 Å². The number of benzene rings is 1. The maximum atomic E-state index is 9.72. The van der Waals surface area contributed by atoms with E-state index in [1.54, 1.807) is 6.07 Å². The third kappa shape index (κ3) is 4.80. The zero-order chi connectivity index (χ0) is 21.8. The normalized spacial score (nSPS) is 15.3. The molecule has 1 atom stereocenters. The van der Waals surface area contributed by atoms with Crippen molar-refractivity contribution in [3.05, 3.63) is 47.2 Å². The third-order valence-electron chi connectivity index (χ3n) is 5.82. The van der Waals surface area contributed by atoms with Gasteiger partial charge in [0.1, 0.15) is 17.6 Å². The summed E-state index contributed by atoms with van der Waals surface area (Å²) in [6.45, 7) is 7.95. The van der Waals surface area contributed by atoms with Gasteiger partial charge < -0.3 is 15.0 Å². The summed E-state index contributed by atoms with van der Waals surface area (Å²) < 4.78 is 7.78. The fourth-order valence-corrected chi connectivity index (χ4v) is 4.29. The second-order valence-corrected chi connectivity index (χ2v) is 8.38. The Hall–Kier alpha value is -3.11. The summed E-state index contributed by atoms with van der Waals surface area (Å²) in [5, 5.41) is 10.4.